The predicted molar refractivity (Wildman–Crippen MR) is 157 cm³/mol. The minimum Gasteiger partial charge on any atom is -0.476 e. The Kier molecular flexibility index (Phi) is 7.41. The number of hydrogen-bond donors (Lipinski definition) is 2. The average Bonchev–Trinajstić information content (AvgIpc) is 3.28. The molecule has 3 aromatic heterocycles. The molecule has 7 nitrogen and oxygen atoms in total. The van der Waals surface area contributed by atoms with Gasteiger partial charge in [0, 0.05) is 38.2 Å². The van der Waals surface area contributed by atoms with E-state index >= 15 is 4.39 Å². The second-order valence-electron chi connectivity index (χ2n) is 10.0. The summed E-state index contributed by atoms with van der Waals surface area (Å²) in [4.78, 5) is 17.7. The fraction of sp³-hybridized carbons (Fsp3) is 0.207. The first kappa shape index (κ1) is 27.6. The summed E-state index contributed by atoms with van der Waals surface area (Å²) in [7, 11) is -2.33. The molecular formula is C29H25F2N4O3S3+. The number of rotatable bonds is 9. The van der Waals surface area contributed by atoms with E-state index < -0.39 is 22.8 Å². The van der Waals surface area contributed by atoms with Crippen LogP contribution in [0, 0.1) is 24.5 Å². The van der Waals surface area contributed by atoms with Gasteiger partial charge in [-0.2, -0.15) is 5.10 Å². The molecule has 12 heteroatoms. The monoisotopic (exact) mass is 611 g/mol. The van der Waals surface area contributed by atoms with Crippen LogP contribution in [0.15, 0.2) is 58.8 Å². The van der Waals surface area contributed by atoms with E-state index in [0.717, 1.165) is 33.9 Å². The van der Waals surface area contributed by atoms with E-state index in [2.05, 4.69) is 4.98 Å². The Hall–Kier alpha value is -3.58. The number of hydrogen-bond acceptors (Lipinski definition) is 6. The fourth-order valence-corrected chi connectivity index (χ4v) is 6.96. The van der Waals surface area contributed by atoms with Crippen molar-refractivity contribution in [1.29, 1.82) is 0 Å². The number of nitrogens with zero attached hydrogens (tertiary/aromatic N) is 3. The molecule has 1 aliphatic carbocycles. The molecule has 1 unspecified atom stereocenters. The van der Waals surface area contributed by atoms with Crippen LogP contribution in [0.1, 0.15) is 45.0 Å². The summed E-state index contributed by atoms with van der Waals surface area (Å²) in [6, 6.07) is 13.1. The Balaban J connectivity index is 1.54. The van der Waals surface area contributed by atoms with Gasteiger partial charge in [0.05, 0.1) is 11.4 Å². The highest BCUT2D eigenvalue weighted by molar-refractivity contribution is 7.82. The summed E-state index contributed by atoms with van der Waals surface area (Å²) < 4.78 is 43.2. The smallest absolute Gasteiger partial charge is 0.355 e. The van der Waals surface area contributed by atoms with Gasteiger partial charge in [0.25, 0.3) is 0 Å². The zero-order valence-corrected chi connectivity index (χ0v) is 24.3. The summed E-state index contributed by atoms with van der Waals surface area (Å²) in [6.45, 7) is 1.96. The van der Waals surface area contributed by atoms with Gasteiger partial charge in [-0.25, -0.2) is 23.2 Å². The molecular weight excluding hydrogens is 587 g/mol. The molecule has 0 amide bonds. The summed E-state index contributed by atoms with van der Waals surface area (Å²) >= 11 is 2.67. The number of aromatic carboxylic acids is 1. The first-order valence-electron chi connectivity index (χ1n) is 12.8. The number of carbonyl (C=O) groups is 1. The van der Waals surface area contributed by atoms with Crippen molar-refractivity contribution >= 4 is 39.6 Å². The van der Waals surface area contributed by atoms with Gasteiger partial charge in [0.1, 0.15) is 5.82 Å². The van der Waals surface area contributed by atoms with Crippen molar-refractivity contribution in [2.45, 2.75) is 37.5 Å². The van der Waals surface area contributed by atoms with Gasteiger partial charge in [-0.1, -0.05) is 10.3 Å². The van der Waals surface area contributed by atoms with E-state index in [-0.39, 0.29) is 22.8 Å². The Labute approximate surface area is 244 Å². The molecule has 3 heterocycles. The van der Waals surface area contributed by atoms with Crippen LogP contribution in [-0.2, 0) is 28.0 Å². The van der Waals surface area contributed by atoms with E-state index in [1.165, 1.54) is 46.3 Å². The van der Waals surface area contributed by atoms with Crippen LogP contribution >= 0.6 is 22.7 Å². The third-order valence-electron chi connectivity index (χ3n) is 7.04. The van der Waals surface area contributed by atoms with Crippen molar-refractivity contribution in [2.24, 2.45) is 11.1 Å². The van der Waals surface area contributed by atoms with Crippen molar-refractivity contribution < 1.29 is 22.9 Å². The zero-order valence-electron chi connectivity index (χ0n) is 21.8. The molecule has 5 aromatic rings. The maximum atomic E-state index is 15.0. The van der Waals surface area contributed by atoms with E-state index in [0.29, 0.717) is 39.9 Å². The van der Waals surface area contributed by atoms with Crippen LogP contribution in [-0.4, -0.2) is 25.8 Å². The number of benzene rings is 2. The largest absolute Gasteiger partial charge is 0.476 e. The molecule has 1 saturated carbocycles. The first-order chi connectivity index (χ1) is 19.7. The van der Waals surface area contributed by atoms with Crippen molar-refractivity contribution in [2.75, 3.05) is 0 Å². The lowest BCUT2D eigenvalue weighted by Gasteiger charge is -2.10. The quantitative estimate of drug-likeness (QED) is 0.146. The Morgan fingerprint density at radius 2 is 1.95 bits per heavy atom. The first-order valence-corrected chi connectivity index (χ1v) is 15.9. The number of aryl methyl sites for hydroxylation is 1. The van der Waals surface area contributed by atoms with Crippen LogP contribution in [0.2, 0.25) is 0 Å². The molecule has 0 aliphatic heterocycles. The molecule has 3 N–H and O–H groups in total. The summed E-state index contributed by atoms with van der Waals surface area (Å²) in [5, 5.41) is 21.7. The average molecular weight is 612 g/mol. The number of thiol groups is 1. The predicted octanol–water partition coefficient (Wildman–Crippen LogP) is 6.48. The molecule has 0 radical (unpaired) electrons. The summed E-state index contributed by atoms with van der Waals surface area (Å²) in [5.41, 5.74) is 3.92. The van der Waals surface area contributed by atoms with Gasteiger partial charge >= 0.3 is 5.97 Å². The Morgan fingerprint density at radius 3 is 2.59 bits per heavy atom. The fourth-order valence-electron chi connectivity index (χ4n) is 4.81. The lowest BCUT2D eigenvalue weighted by atomic mass is 9.96. The Bertz CT molecular complexity index is 1820. The maximum Gasteiger partial charge on any atom is 0.355 e. The number of carboxylic acid groups (broad SMARTS) is 1. The number of carboxylic acids is 1. The molecule has 6 rings (SSSR count). The van der Waals surface area contributed by atoms with Gasteiger partial charge in [-0.05, 0) is 80.1 Å². The van der Waals surface area contributed by atoms with E-state index in [4.69, 9.17) is 10.2 Å². The van der Waals surface area contributed by atoms with Gasteiger partial charge in [0.2, 0.25) is 10.0 Å². The van der Waals surface area contributed by atoms with Gasteiger partial charge in [-0.15, -0.1) is 27.8 Å². The lowest BCUT2D eigenvalue weighted by molar-refractivity contribution is 0.0691. The van der Waals surface area contributed by atoms with Crippen molar-refractivity contribution in [3.63, 3.8) is 0 Å². The molecule has 1 aliphatic rings. The molecule has 1 atom stereocenters. The second kappa shape index (κ2) is 11.0. The molecule has 0 bridgehead atoms. The van der Waals surface area contributed by atoms with Crippen molar-refractivity contribution in [3.8, 4) is 26.8 Å². The highest BCUT2D eigenvalue weighted by Crippen LogP contribution is 2.40. The molecule has 1 fully saturated rings. The third kappa shape index (κ3) is 5.65. The third-order valence-corrected chi connectivity index (χ3v) is 9.72. The number of aromatic nitrogens is 3. The minimum atomic E-state index is -2.33. The van der Waals surface area contributed by atoms with Crippen LogP contribution < -0.4 is 5.14 Å². The summed E-state index contributed by atoms with van der Waals surface area (Å²) in [6.07, 6.45) is 3.09. The SMILES string of the molecule is Cc1ccc(-c2cc(-c3nn(-c4nc(C(=O)O)cs4)c(CC4CC4)c3Cc3ccc([SH+](N)=O)c(F)c3)ccc2F)s1. The highest BCUT2D eigenvalue weighted by Gasteiger charge is 2.30. The van der Waals surface area contributed by atoms with Crippen LogP contribution in [0.25, 0.3) is 26.8 Å². The standard InChI is InChI=1S/C29H24F2N4O3S3/c1-15-2-8-25(40-15)19-13-18(6-7-21(19)30)27-20(10-17-5-9-26(41(32)38)22(31)11-17)24(12-16-3-4-16)35(34-27)29-33-23(14-39-29)28(36)37/h2,5-9,11,13-14,16H,3-4,10,12H2,1H3,(H2,32,38)(H,36,37)/p+1. The maximum absolute atomic E-state index is 15.0. The number of nitrogens with two attached hydrogens (primary N) is 1. The van der Waals surface area contributed by atoms with E-state index in [9.17, 15) is 18.5 Å². The number of halogens is 2. The van der Waals surface area contributed by atoms with Gasteiger partial charge in [0.15, 0.2) is 22.5 Å². The van der Waals surface area contributed by atoms with E-state index in [1.807, 2.05) is 19.1 Å². The molecule has 210 valence electrons. The summed E-state index contributed by atoms with van der Waals surface area (Å²) in [5.74, 6) is -1.69. The molecule has 0 saturated heterocycles. The van der Waals surface area contributed by atoms with E-state index in [1.54, 1.807) is 22.9 Å². The van der Waals surface area contributed by atoms with Crippen molar-refractivity contribution in [3.05, 3.63) is 92.9 Å². The molecule has 0 spiro atoms. The highest BCUT2D eigenvalue weighted by atomic mass is 32.2. The van der Waals surface area contributed by atoms with Crippen LogP contribution in [0.4, 0.5) is 8.78 Å². The lowest BCUT2D eigenvalue weighted by Crippen LogP contribution is -2.07. The molecule has 2 aromatic carbocycles. The Morgan fingerprint density at radius 1 is 1.15 bits per heavy atom. The topological polar surface area (TPSA) is 111 Å². The van der Waals surface area contributed by atoms with Gasteiger partial charge in [-0.3, -0.25) is 0 Å². The van der Waals surface area contributed by atoms with Crippen molar-refractivity contribution in [1.82, 2.24) is 14.8 Å². The van der Waals surface area contributed by atoms with Crippen LogP contribution in [0.3, 0.4) is 0 Å². The van der Waals surface area contributed by atoms with Crippen LogP contribution in [0.5, 0.6) is 0 Å². The minimum absolute atomic E-state index is 0.0451. The number of thiophene rings is 1. The second-order valence-corrected chi connectivity index (χ2v) is 13.3. The molecule has 41 heavy (non-hydrogen) atoms. The number of thiazole rings is 1. The zero-order chi connectivity index (χ0) is 28.8. The van der Waals surface area contributed by atoms with Gasteiger partial charge < -0.3 is 5.11 Å². The normalized spacial score (nSPS) is 14.0.